The molecule has 0 saturated carbocycles. The minimum Gasteiger partial charge on any atom is -0.494 e. The highest BCUT2D eigenvalue weighted by molar-refractivity contribution is 5.32. The van der Waals surface area contributed by atoms with Gasteiger partial charge in [0.25, 0.3) is 0 Å². The molecule has 3 nitrogen and oxygen atoms in total. The molecule has 1 saturated heterocycles. The first-order valence-corrected chi connectivity index (χ1v) is 6.75. The molecule has 2 rings (SSSR count). The lowest BCUT2D eigenvalue weighted by Crippen LogP contribution is -2.37. The molecule has 0 amide bonds. The Hall–Kier alpha value is -1.06. The van der Waals surface area contributed by atoms with Gasteiger partial charge in [-0.1, -0.05) is 6.07 Å². The normalized spacial score (nSPS) is 16.8. The zero-order valence-electron chi connectivity index (χ0n) is 11.4. The predicted molar refractivity (Wildman–Crippen MR) is 73.3 cm³/mol. The van der Waals surface area contributed by atoms with Crippen LogP contribution in [0.15, 0.2) is 18.2 Å². The van der Waals surface area contributed by atoms with E-state index in [9.17, 15) is 0 Å². The first kappa shape index (κ1) is 13.4. The van der Waals surface area contributed by atoms with E-state index >= 15 is 0 Å². The molecule has 0 bridgehead atoms. The second-order valence-corrected chi connectivity index (χ2v) is 4.98. The average molecular weight is 249 g/mol. The minimum atomic E-state index is 0.792. The molecule has 0 unspecified atom stereocenters. The molecular formula is C15H23NO2. The van der Waals surface area contributed by atoms with Gasteiger partial charge in [-0.15, -0.1) is 0 Å². The Balaban J connectivity index is 1.68. The van der Waals surface area contributed by atoms with Crippen molar-refractivity contribution in [3.05, 3.63) is 29.3 Å². The first-order chi connectivity index (χ1) is 8.74. The summed E-state index contributed by atoms with van der Waals surface area (Å²) < 4.78 is 11.1. The Morgan fingerprint density at radius 3 is 2.44 bits per heavy atom. The molecule has 1 fully saturated rings. The third-order valence-corrected chi connectivity index (χ3v) is 3.19. The minimum absolute atomic E-state index is 0.792. The maximum atomic E-state index is 5.80. The van der Waals surface area contributed by atoms with Crippen LogP contribution in [-0.2, 0) is 4.74 Å². The van der Waals surface area contributed by atoms with Gasteiger partial charge in [0.05, 0.1) is 19.8 Å². The van der Waals surface area contributed by atoms with E-state index < -0.39 is 0 Å². The fourth-order valence-corrected chi connectivity index (χ4v) is 2.32. The van der Waals surface area contributed by atoms with Crippen LogP contribution in [0.1, 0.15) is 17.5 Å². The SMILES string of the molecule is Cc1cc(C)cc(OCCCN2CCOCC2)c1. The maximum Gasteiger partial charge on any atom is 0.119 e. The summed E-state index contributed by atoms with van der Waals surface area (Å²) in [5, 5.41) is 0. The van der Waals surface area contributed by atoms with E-state index in [-0.39, 0.29) is 0 Å². The van der Waals surface area contributed by atoms with Crippen molar-refractivity contribution in [2.45, 2.75) is 20.3 Å². The van der Waals surface area contributed by atoms with Crippen molar-refractivity contribution < 1.29 is 9.47 Å². The number of hydrogen-bond donors (Lipinski definition) is 0. The lowest BCUT2D eigenvalue weighted by Gasteiger charge is -2.26. The molecule has 1 aromatic carbocycles. The summed E-state index contributed by atoms with van der Waals surface area (Å²) in [6.07, 6.45) is 1.08. The van der Waals surface area contributed by atoms with Gasteiger partial charge in [0.15, 0.2) is 0 Å². The molecule has 1 aromatic rings. The van der Waals surface area contributed by atoms with Crippen LogP contribution in [0.2, 0.25) is 0 Å². The van der Waals surface area contributed by atoms with Crippen LogP contribution in [0.3, 0.4) is 0 Å². The maximum absolute atomic E-state index is 5.80. The first-order valence-electron chi connectivity index (χ1n) is 6.75. The van der Waals surface area contributed by atoms with Gasteiger partial charge in [0.2, 0.25) is 0 Å². The van der Waals surface area contributed by atoms with Gasteiger partial charge in [-0.3, -0.25) is 4.90 Å². The Morgan fingerprint density at radius 1 is 1.11 bits per heavy atom. The van der Waals surface area contributed by atoms with Crippen LogP contribution in [0.4, 0.5) is 0 Å². The number of nitrogens with zero attached hydrogens (tertiary/aromatic N) is 1. The number of morpholine rings is 1. The standard InChI is InChI=1S/C15H23NO2/c1-13-10-14(2)12-15(11-13)18-7-3-4-16-5-8-17-9-6-16/h10-12H,3-9H2,1-2H3. The molecule has 0 spiro atoms. The molecule has 1 aliphatic rings. The smallest absolute Gasteiger partial charge is 0.119 e. The van der Waals surface area contributed by atoms with Gasteiger partial charge in [0, 0.05) is 19.6 Å². The van der Waals surface area contributed by atoms with Gasteiger partial charge in [-0.2, -0.15) is 0 Å². The molecule has 3 heteroatoms. The van der Waals surface area contributed by atoms with E-state index in [4.69, 9.17) is 9.47 Å². The Kier molecular flexibility index (Phi) is 5.02. The highest BCUT2D eigenvalue weighted by Gasteiger charge is 2.09. The zero-order chi connectivity index (χ0) is 12.8. The van der Waals surface area contributed by atoms with Crippen molar-refractivity contribution in [2.24, 2.45) is 0 Å². The summed E-state index contributed by atoms with van der Waals surface area (Å²) in [4.78, 5) is 2.44. The lowest BCUT2D eigenvalue weighted by molar-refractivity contribution is 0.0358. The van der Waals surface area contributed by atoms with Gasteiger partial charge in [-0.05, 0) is 43.5 Å². The lowest BCUT2D eigenvalue weighted by atomic mass is 10.1. The molecule has 0 radical (unpaired) electrons. The Bertz CT molecular complexity index is 353. The van der Waals surface area contributed by atoms with Crippen LogP contribution >= 0.6 is 0 Å². The number of benzene rings is 1. The van der Waals surface area contributed by atoms with Crippen LogP contribution in [-0.4, -0.2) is 44.4 Å². The van der Waals surface area contributed by atoms with E-state index in [1.54, 1.807) is 0 Å². The number of ether oxygens (including phenoxy) is 2. The fraction of sp³-hybridized carbons (Fsp3) is 0.600. The predicted octanol–water partition coefficient (Wildman–Crippen LogP) is 2.40. The van der Waals surface area contributed by atoms with Crippen molar-refractivity contribution in [2.75, 3.05) is 39.5 Å². The summed E-state index contributed by atoms with van der Waals surface area (Å²) in [6.45, 7) is 9.97. The molecule has 1 heterocycles. The topological polar surface area (TPSA) is 21.7 Å². The van der Waals surface area contributed by atoms with Crippen molar-refractivity contribution in [3.63, 3.8) is 0 Å². The van der Waals surface area contributed by atoms with Crippen molar-refractivity contribution in [1.29, 1.82) is 0 Å². The van der Waals surface area contributed by atoms with E-state index in [2.05, 4.69) is 36.9 Å². The molecule has 0 N–H and O–H groups in total. The van der Waals surface area contributed by atoms with Crippen molar-refractivity contribution >= 4 is 0 Å². The van der Waals surface area contributed by atoms with E-state index in [1.165, 1.54) is 11.1 Å². The third kappa shape index (κ3) is 4.31. The molecule has 0 aliphatic carbocycles. The van der Waals surface area contributed by atoms with Crippen molar-refractivity contribution in [1.82, 2.24) is 4.90 Å². The van der Waals surface area contributed by atoms with Crippen LogP contribution in [0.5, 0.6) is 5.75 Å². The summed E-state index contributed by atoms with van der Waals surface area (Å²) in [5.41, 5.74) is 2.52. The number of hydrogen-bond acceptors (Lipinski definition) is 3. The molecule has 100 valence electrons. The molecule has 1 aliphatic heterocycles. The van der Waals surface area contributed by atoms with E-state index in [0.29, 0.717) is 0 Å². The summed E-state index contributed by atoms with van der Waals surface area (Å²) in [6, 6.07) is 6.37. The summed E-state index contributed by atoms with van der Waals surface area (Å²) in [5.74, 6) is 0.995. The van der Waals surface area contributed by atoms with Gasteiger partial charge < -0.3 is 9.47 Å². The number of aryl methyl sites for hydroxylation is 2. The van der Waals surface area contributed by atoms with E-state index in [0.717, 1.165) is 51.6 Å². The molecular weight excluding hydrogens is 226 g/mol. The highest BCUT2D eigenvalue weighted by Crippen LogP contribution is 2.16. The van der Waals surface area contributed by atoms with Crippen LogP contribution in [0.25, 0.3) is 0 Å². The summed E-state index contributed by atoms with van der Waals surface area (Å²) in [7, 11) is 0. The largest absolute Gasteiger partial charge is 0.494 e. The van der Waals surface area contributed by atoms with Gasteiger partial charge in [-0.25, -0.2) is 0 Å². The third-order valence-electron chi connectivity index (χ3n) is 3.19. The van der Waals surface area contributed by atoms with Crippen LogP contribution < -0.4 is 4.74 Å². The average Bonchev–Trinajstić information content (AvgIpc) is 2.35. The van der Waals surface area contributed by atoms with Crippen molar-refractivity contribution in [3.8, 4) is 5.75 Å². The monoisotopic (exact) mass is 249 g/mol. The summed E-state index contributed by atoms with van der Waals surface area (Å²) >= 11 is 0. The Labute approximate surface area is 110 Å². The fourth-order valence-electron chi connectivity index (χ4n) is 2.32. The molecule has 18 heavy (non-hydrogen) atoms. The van der Waals surface area contributed by atoms with E-state index in [1.807, 2.05) is 0 Å². The molecule has 0 atom stereocenters. The second-order valence-electron chi connectivity index (χ2n) is 4.98. The van der Waals surface area contributed by atoms with Crippen LogP contribution in [0, 0.1) is 13.8 Å². The van der Waals surface area contributed by atoms with Gasteiger partial charge in [0.1, 0.15) is 5.75 Å². The molecule has 0 aromatic heterocycles. The number of rotatable bonds is 5. The zero-order valence-corrected chi connectivity index (χ0v) is 11.4. The van der Waals surface area contributed by atoms with Gasteiger partial charge >= 0.3 is 0 Å². The quantitative estimate of drug-likeness (QED) is 0.748. The second kappa shape index (κ2) is 6.76. The Morgan fingerprint density at radius 2 is 1.78 bits per heavy atom. The highest BCUT2D eigenvalue weighted by atomic mass is 16.5.